The van der Waals surface area contributed by atoms with Gasteiger partial charge in [-0.1, -0.05) is 18.2 Å². The smallest absolute Gasteiger partial charge is 0.123 e. The molecular weight excluding hydrogens is 151 g/mol. The Bertz CT molecular complexity index is 365. The molecule has 0 fully saturated rings. The average molecular weight is 160 g/mol. The summed E-state index contributed by atoms with van der Waals surface area (Å²) in [6.45, 7) is 0. The molecule has 2 aliphatic carbocycles. The van der Waals surface area contributed by atoms with Crippen molar-refractivity contribution in [2.75, 3.05) is 0 Å². The Morgan fingerprint density at radius 2 is 1.83 bits per heavy atom. The molecule has 0 unspecified atom stereocenters. The second kappa shape index (κ2) is 1.98. The maximum atomic E-state index is 12.9. The molecule has 0 nitrogen and oxygen atoms in total. The van der Waals surface area contributed by atoms with Crippen LogP contribution in [-0.4, -0.2) is 0 Å². The van der Waals surface area contributed by atoms with Gasteiger partial charge >= 0.3 is 0 Å². The van der Waals surface area contributed by atoms with E-state index in [0.717, 1.165) is 0 Å². The third kappa shape index (κ3) is 0.663. The van der Waals surface area contributed by atoms with Crippen LogP contribution in [0.25, 0.3) is 0 Å². The Morgan fingerprint density at radius 1 is 1.08 bits per heavy atom. The lowest BCUT2D eigenvalue weighted by atomic mass is 9.97. The second-order valence-electron chi connectivity index (χ2n) is 3.61. The first-order valence-corrected chi connectivity index (χ1v) is 4.32. The molecule has 2 atom stereocenters. The molecule has 3 rings (SSSR count). The minimum Gasteiger partial charge on any atom is -0.207 e. The SMILES string of the molecule is Fc1ccc2c(c1)[C@@H]1C=C[C@H]2C1. The summed E-state index contributed by atoms with van der Waals surface area (Å²) < 4.78 is 12.9. The van der Waals surface area contributed by atoms with E-state index >= 15 is 0 Å². The highest BCUT2D eigenvalue weighted by Crippen LogP contribution is 2.48. The zero-order chi connectivity index (χ0) is 8.13. The van der Waals surface area contributed by atoms with E-state index in [1.165, 1.54) is 17.5 Å². The Morgan fingerprint density at radius 3 is 2.67 bits per heavy atom. The van der Waals surface area contributed by atoms with Crippen molar-refractivity contribution in [1.29, 1.82) is 0 Å². The van der Waals surface area contributed by atoms with E-state index in [0.29, 0.717) is 11.8 Å². The molecule has 2 aliphatic rings. The van der Waals surface area contributed by atoms with Gasteiger partial charge in [-0.2, -0.15) is 0 Å². The quantitative estimate of drug-likeness (QED) is 0.512. The lowest BCUT2D eigenvalue weighted by Gasteiger charge is -2.08. The lowest BCUT2D eigenvalue weighted by Crippen LogP contribution is -1.92. The number of rotatable bonds is 0. The van der Waals surface area contributed by atoms with Crippen molar-refractivity contribution < 1.29 is 4.39 Å². The van der Waals surface area contributed by atoms with E-state index < -0.39 is 0 Å². The third-order valence-corrected chi connectivity index (χ3v) is 2.93. The molecule has 0 saturated carbocycles. The molecule has 0 radical (unpaired) electrons. The fourth-order valence-electron chi connectivity index (χ4n) is 2.36. The molecule has 0 saturated heterocycles. The zero-order valence-corrected chi connectivity index (χ0v) is 6.63. The normalized spacial score (nSPS) is 29.4. The Labute approximate surface area is 70.7 Å². The van der Waals surface area contributed by atoms with Gasteiger partial charge in [0.05, 0.1) is 0 Å². The van der Waals surface area contributed by atoms with Crippen LogP contribution in [0.2, 0.25) is 0 Å². The van der Waals surface area contributed by atoms with Gasteiger partial charge in [0.15, 0.2) is 0 Å². The average Bonchev–Trinajstić information content (AvgIpc) is 2.63. The highest BCUT2D eigenvalue weighted by atomic mass is 19.1. The highest BCUT2D eigenvalue weighted by molar-refractivity contribution is 5.47. The number of benzene rings is 1. The molecule has 12 heavy (non-hydrogen) atoms. The number of hydrogen-bond acceptors (Lipinski definition) is 0. The summed E-state index contributed by atoms with van der Waals surface area (Å²) in [6, 6.07) is 5.18. The minimum absolute atomic E-state index is 0.102. The molecule has 0 aliphatic heterocycles. The van der Waals surface area contributed by atoms with Gasteiger partial charge in [-0.3, -0.25) is 0 Å². The molecule has 0 aromatic heterocycles. The van der Waals surface area contributed by atoms with Crippen molar-refractivity contribution >= 4 is 0 Å². The first-order chi connectivity index (χ1) is 5.84. The molecule has 1 aromatic rings. The summed E-state index contributed by atoms with van der Waals surface area (Å²) in [4.78, 5) is 0. The predicted molar refractivity (Wildman–Crippen MR) is 45.6 cm³/mol. The topological polar surface area (TPSA) is 0 Å². The van der Waals surface area contributed by atoms with Crippen LogP contribution in [0.15, 0.2) is 30.4 Å². The van der Waals surface area contributed by atoms with Crippen molar-refractivity contribution in [1.82, 2.24) is 0 Å². The number of allylic oxidation sites excluding steroid dienone is 2. The van der Waals surface area contributed by atoms with Crippen LogP contribution in [0, 0.1) is 5.82 Å². The predicted octanol–water partition coefficient (Wildman–Crippen LogP) is 2.97. The second-order valence-corrected chi connectivity index (χ2v) is 3.61. The van der Waals surface area contributed by atoms with Crippen LogP contribution < -0.4 is 0 Å². The van der Waals surface area contributed by atoms with Gasteiger partial charge in [-0.05, 0) is 29.7 Å². The maximum absolute atomic E-state index is 12.9. The molecule has 1 aromatic carbocycles. The molecule has 60 valence electrons. The maximum Gasteiger partial charge on any atom is 0.123 e. The van der Waals surface area contributed by atoms with Gasteiger partial charge in [0.2, 0.25) is 0 Å². The minimum atomic E-state index is -0.102. The van der Waals surface area contributed by atoms with E-state index in [2.05, 4.69) is 12.2 Å². The molecule has 2 bridgehead atoms. The van der Waals surface area contributed by atoms with Crippen molar-refractivity contribution in [2.45, 2.75) is 18.3 Å². The van der Waals surface area contributed by atoms with Gasteiger partial charge < -0.3 is 0 Å². The highest BCUT2D eigenvalue weighted by Gasteiger charge is 2.32. The van der Waals surface area contributed by atoms with Crippen LogP contribution >= 0.6 is 0 Å². The van der Waals surface area contributed by atoms with Crippen molar-refractivity contribution in [2.24, 2.45) is 0 Å². The van der Waals surface area contributed by atoms with Crippen LogP contribution in [0.1, 0.15) is 29.4 Å². The number of halogens is 1. The zero-order valence-electron chi connectivity index (χ0n) is 6.63. The number of hydrogen-bond donors (Lipinski definition) is 0. The van der Waals surface area contributed by atoms with Gasteiger partial charge in [0.25, 0.3) is 0 Å². The van der Waals surface area contributed by atoms with E-state index in [9.17, 15) is 4.39 Å². The molecule has 0 amide bonds. The van der Waals surface area contributed by atoms with Crippen LogP contribution in [0.3, 0.4) is 0 Å². The van der Waals surface area contributed by atoms with E-state index in [4.69, 9.17) is 0 Å². The first-order valence-electron chi connectivity index (χ1n) is 4.32. The Kier molecular flexibility index (Phi) is 1.06. The van der Waals surface area contributed by atoms with Gasteiger partial charge in [-0.15, -0.1) is 0 Å². The largest absolute Gasteiger partial charge is 0.207 e. The van der Waals surface area contributed by atoms with Crippen LogP contribution in [0.5, 0.6) is 0 Å². The molecule has 0 heterocycles. The van der Waals surface area contributed by atoms with Gasteiger partial charge in [0.1, 0.15) is 5.82 Å². The summed E-state index contributed by atoms with van der Waals surface area (Å²) in [7, 11) is 0. The van der Waals surface area contributed by atoms with E-state index in [1.54, 1.807) is 12.1 Å². The Hall–Kier alpha value is -1.11. The first kappa shape index (κ1) is 6.41. The summed E-state index contributed by atoms with van der Waals surface area (Å²) in [5.41, 5.74) is 2.55. The summed E-state index contributed by atoms with van der Waals surface area (Å²) in [6.07, 6.45) is 5.61. The van der Waals surface area contributed by atoms with Crippen LogP contribution in [-0.2, 0) is 0 Å². The fraction of sp³-hybridized carbons (Fsp3) is 0.273. The summed E-state index contributed by atoms with van der Waals surface area (Å²) in [5.74, 6) is 0.973. The van der Waals surface area contributed by atoms with Gasteiger partial charge in [-0.25, -0.2) is 4.39 Å². The summed E-state index contributed by atoms with van der Waals surface area (Å²) in [5, 5.41) is 0. The third-order valence-electron chi connectivity index (χ3n) is 2.93. The molecular formula is C11H9F. The van der Waals surface area contributed by atoms with E-state index in [-0.39, 0.29) is 5.82 Å². The van der Waals surface area contributed by atoms with E-state index in [1.807, 2.05) is 6.07 Å². The molecule has 0 spiro atoms. The van der Waals surface area contributed by atoms with Crippen molar-refractivity contribution in [3.63, 3.8) is 0 Å². The van der Waals surface area contributed by atoms with Crippen molar-refractivity contribution in [3.05, 3.63) is 47.3 Å². The monoisotopic (exact) mass is 160 g/mol. The fourth-order valence-corrected chi connectivity index (χ4v) is 2.36. The number of fused-ring (bicyclic) bond motifs is 5. The van der Waals surface area contributed by atoms with Crippen LogP contribution in [0.4, 0.5) is 4.39 Å². The van der Waals surface area contributed by atoms with Gasteiger partial charge in [0, 0.05) is 11.8 Å². The lowest BCUT2D eigenvalue weighted by molar-refractivity contribution is 0.625. The van der Waals surface area contributed by atoms with Crippen molar-refractivity contribution in [3.8, 4) is 0 Å². The molecule has 1 heteroatoms. The Balaban J connectivity index is 2.24. The summed E-state index contributed by atoms with van der Waals surface area (Å²) >= 11 is 0. The molecule has 0 N–H and O–H groups in total. The standard InChI is InChI=1S/C11H9F/c12-9-3-4-10-7-1-2-8(5-7)11(10)6-9/h1-4,6-8H,5H2/t7-,8+/m0/s1.